The maximum Gasteiger partial charge on any atom is 0.163 e. The Balaban J connectivity index is 3.94. The van der Waals surface area contributed by atoms with E-state index in [2.05, 4.69) is 19.9 Å². The highest BCUT2D eigenvalue weighted by Crippen LogP contribution is 2.55. The Hall–Kier alpha value is 0.130. The molecule has 0 saturated carbocycles. The molecule has 0 spiro atoms. The first-order chi connectivity index (χ1) is 4.54. The van der Waals surface area contributed by atoms with E-state index in [1.165, 1.54) is 0 Å². The Morgan fingerprint density at radius 3 is 2.40 bits per heavy atom. The van der Waals surface area contributed by atoms with Crippen LogP contribution in [-0.4, -0.2) is 30.4 Å². The van der Waals surface area contributed by atoms with E-state index in [0.717, 1.165) is 12.6 Å². The normalized spacial score (nSPS) is 14.8. The molecule has 0 rings (SSSR count). The third kappa shape index (κ3) is 2.81. The van der Waals surface area contributed by atoms with Gasteiger partial charge in [-0.2, -0.15) is 0 Å². The summed E-state index contributed by atoms with van der Waals surface area (Å²) in [5.41, 5.74) is 0. The Morgan fingerprint density at radius 1 is 1.60 bits per heavy atom. The number of aliphatic hydroxyl groups excluding tert-OH is 1. The van der Waals surface area contributed by atoms with Crippen LogP contribution in [-0.2, 0) is 0 Å². The molecule has 0 aliphatic rings. The summed E-state index contributed by atoms with van der Waals surface area (Å²) in [7, 11) is -1.10. The summed E-state index contributed by atoms with van der Waals surface area (Å²) in [5.74, 6) is -0.0921. The Kier molecular flexibility index (Phi) is 4.15. The molecule has 0 heterocycles. The lowest BCUT2D eigenvalue weighted by Gasteiger charge is -2.21. The van der Waals surface area contributed by atoms with Gasteiger partial charge >= 0.3 is 0 Å². The zero-order valence-electron chi connectivity index (χ0n) is 7.17. The van der Waals surface area contributed by atoms with Crippen molar-refractivity contribution in [3.8, 4) is 0 Å². The SMILES string of the molecule is C=CC[P+](C)(C)C(O)CC. The van der Waals surface area contributed by atoms with Gasteiger partial charge in [0, 0.05) is 13.7 Å². The Labute approximate surface area is 64.5 Å². The maximum absolute atomic E-state index is 9.52. The highest BCUT2D eigenvalue weighted by Gasteiger charge is 2.31. The summed E-state index contributed by atoms with van der Waals surface area (Å²) in [6.07, 6.45) is 3.77. The molecule has 0 fully saturated rings. The number of hydrogen-bond acceptors (Lipinski definition) is 1. The standard InChI is InChI=1S/C8H18OP/c1-5-7-10(3,4)8(9)6-2/h5,8-9H,1,6-7H2,2-4H3/q+1. The van der Waals surface area contributed by atoms with E-state index in [-0.39, 0.29) is 5.85 Å². The van der Waals surface area contributed by atoms with Crippen LogP contribution >= 0.6 is 7.26 Å². The van der Waals surface area contributed by atoms with Crippen LogP contribution in [0, 0.1) is 0 Å². The summed E-state index contributed by atoms with van der Waals surface area (Å²) in [4.78, 5) is 0. The van der Waals surface area contributed by atoms with Crippen molar-refractivity contribution in [2.45, 2.75) is 19.2 Å². The molecule has 0 amide bonds. The minimum Gasteiger partial charge on any atom is -0.359 e. The molecule has 1 unspecified atom stereocenters. The lowest BCUT2D eigenvalue weighted by molar-refractivity contribution is 0.251. The van der Waals surface area contributed by atoms with E-state index in [1.807, 2.05) is 13.0 Å². The van der Waals surface area contributed by atoms with Crippen LogP contribution < -0.4 is 0 Å². The smallest absolute Gasteiger partial charge is 0.163 e. The van der Waals surface area contributed by atoms with Crippen molar-refractivity contribution >= 4 is 7.26 Å². The van der Waals surface area contributed by atoms with Crippen molar-refractivity contribution in [3.05, 3.63) is 12.7 Å². The molecular weight excluding hydrogens is 143 g/mol. The first-order valence-corrected chi connectivity index (χ1v) is 6.60. The fraction of sp³-hybridized carbons (Fsp3) is 0.750. The summed E-state index contributed by atoms with van der Waals surface area (Å²) in [6, 6.07) is 0. The summed E-state index contributed by atoms with van der Waals surface area (Å²) in [5, 5.41) is 9.52. The Morgan fingerprint density at radius 2 is 2.10 bits per heavy atom. The molecule has 1 atom stereocenters. The van der Waals surface area contributed by atoms with E-state index >= 15 is 0 Å². The molecule has 0 aromatic heterocycles. The second kappa shape index (κ2) is 4.10. The van der Waals surface area contributed by atoms with Crippen LogP contribution in [0.2, 0.25) is 0 Å². The van der Waals surface area contributed by atoms with E-state index in [9.17, 15) is 5.11 Å². The van der Waals surface area contributed by atoms with Gasteiger partial charge in [0.15, 0.2) is 5.85 Å². The van der Waals surface area contributed by atoms with Crippen LogP contribution in [0.4, 0.5) is 0 Å². The van der Waals surface area contributed by atoms with Crippen LogP contribution in [0.3, 0.4) is 0 Å². The van der Waals surface area contributed by atoms with Gasteiger partial charge in [-0.3, -0.25) is 0 Å². The summed E-state index contributed by atoms with van der Waals surface area (Å²) in [6.45, 7) is 10.0. The fourth-order valence-electron chi connectivity index (χ4n) is 0.949. The van der Waals surface area contributed by atoms with Crippen molar-refractivity contribution < 1.29 is 5.11 Å². The monoisotopic (exact) mass is 161 g/mol. The zero-order valence-corrected chi connectivity index (χ0v) is 8.06. The van der Waals surface area contributed by atoms with Crippen molar-refractivity contribution in [2.24, 2.45) is 0 Å². The minimum atomic E-state index is -1.10. The van der Waals surface area contributed by atoms with Gasteiger partial charge in [-0.15, -0.1) is 0 Å². The predicted molar refractivity (Wildman–Crippen MR) is 50.1 cm³/mol. The minimum absolute atomic E-state index is 0.0921. The van der Waals surface area contributed by atoms with Gasteiger partial charge in [0.25, 0.3) is 0 Å². The van der Waals surface area contributed by atoms with Gasteiger partial charge in [-0.1, -0.05) is 19.6 Å². The molecule has 0 aliphatic carbocycles. The van der Waals surface area contributed by atoms with Gasteiger partial charge < -0.3 is 5.11 Å². The number of aliphatic hydroxyl groups is 1. The first-order valence-electron chi connectivity index (χ1n) is 3.66. The molecule has 0 radical (unpaired) electrons. The van der Waals surface area contributed by atoms with Crippen LogP contribution in [0.5, 0.6) is 0 Å². The van der Waals surface area contributed by atoms with Crippen molar-refractivity contribution in [1.29, 1.82) is 0 Å². The van der Waals surface area contributed by atoms with E-state index < -0.39 is 7.26 Å². The molecule has 0 aromatic rings. The van der Waals surface area contributed by atoms with E-state index in [1.54, 1.807) is 0 Å². The largest absolute Gasteiger partial charge is 0.359 e. The number of rotatable bonds is 4. The second-order valence-corrected chi connectivity index (χ2v) is 7.66. The number of allylic oxidation sites excluding steroid dienone is 1. The quantitative estimate of drug-likeness (QED) is 0.495. The Bertz CT molecular complexity index is 110. The molecule has 10 heavy (non-hydrogen) atoms. The van der Waals surface area contributed by atoms with E-state index in [0.29, 0.717) is 0 Å². The van der Waals surface area contributed by atoms with Gasteiger partial charge in [-0.25, -0.2) is 0 Å². The van der Waals surface area contributed by atoms with Gasteiger partial charge in [0.1, 0.15) is 0 Å². The average Bonchev–Trinajstić information content (AvgIpc) is 1.86. The first kappa shape index (κ1) is 10.1. The molecule has 0 bridgehead atoms. The predicted octanol–water partition coefficient (Wildman–Crippen LogP) is 2.18. The van der Waals surface area contributed by atoms with Crippen LogP contribution in [0.15, 0.2) is 12.7 Å². The maximum atomic E-state index is 9.52. The lowest BCUT2D eigenvalue weighted by Crippen LogP contribution is -2.11. The highest BCUT2D eigenvalue weighted by molar-refractivity contribution is 7.75. The van der Waals surface area contributed by atoms with Gasteiger partial charge in [0.05, 0.1) is 19.5 Å². The average molecular weight is 161 g/mol. The van der Waals surface area contributed by atoms with Gasteiger partial charge in [0.2, 0.25) is 0 Å². The third-order valence-corrected chi connectivity index (χ3v) is 4.95. The van der Waals surface area contributed by atoms with Crippen LogP contribution in [0.1, 0.15) is 13.3 Å². The van der Waals surface area contributed by atoms with Crippen LogP contribution in [0.25, 0.3) is 0 Å². The molecule has 0 saturated heterocycles. The lowest BCUT2D eigenvalue weighted by atomic mass is 10.5. The van der Waals surface area contributed by atoms with E-state index in [4.69, 9.17) is 0 Å². The second-order valence-electron chi connectivity index (χ2n) is 3.14. The highest BCUT2D eigenvalue weighted by atomic mass is 31.2. The third-order valence-electron chi connectivity index (χ3n) is 1.77. The van der Waals surface area contributed by atoms with Crippen molar-refractivity contribution in [3.63, 3.8) is 0 Å². The topological polar surface area (TPSA) is 20.2 Å². The molecule has 1 N–H and O–H groups in total. The van der Waals surface area contributed by atoms with Gasteiger partial charge in [-0.05, 0) is 0 Å². The fourth-order valence-corrected chi connectivity index (χ4v) is 2.85. The van der Waals surface area contributed by atoms with Crippen molar-refractivity contribution in [1.82, 2.24) is 0 Å². The molecule has 2 heteroatoms. The molecule has 0 aromatic carbocycles. The molecule has 1 nitrogen and oxygen atoms in total. The number of hydrogen-bond donors (Lipinski definition) is 1. The summed E-state index contributed by atoms with van der Waals surface area (Å²) >= 11 is 0. The summed E-state index contributed by atoms with van der Waals surface area (Å²) < 4.78 is 0. The molecule has 0 aliphatic heterocycles. The molecular formula is C8H18OP+. The zero-order chi connectivity index (χ0) is 8.20. The molecule has 60 valence electrons. The van der Waals surface area contributed by atoms with Crippen molar-refractivity contribution in [2.75, 3.05) is 19.5 Å².